The highest BCUT2D eigenvalue weighted by Crippen LogP contribution is 2.38. The molecule has 128 valence electrons. The van der Waals surface area contributed by atoms with Crippen LogP contribution in [0.15, 0.2) is 24.3 Å². The summed E-state index contributed by atoms with van der Waals surface area (Å²) < 4.78 is 11.8. The Labute approximate surface area is 137 Å². The van der Waals surface area contributed by atoms with Crippen LogP contribution in [-0.4, -0.2) is 29.0 Å². The van der Waals surface area contributed by atoms with Gasteiger partial charge in [-0.3, -0.25) is 0 Å². The summed E-state index contributed by atoms with van der Waals surface area (Å²) in [6.07, 6.45) is 6.52. The smallest absolute Gasteiger partial charge is 0.403 e. The minimum atomic E-state index is -0.765. The molecule has 0 aromatic rings. The van der Waals surface area contributed by atoms with Crippen molar-refractivity contribution in [1.29, 1.82) is 0 Å². The van der Waals surface area contributed by atoms with E-state index in [0.29, 0.717) is 6.32 Å². The van der Waals surface area contributed by atoms with Crippen LogP contribution in [-0.2, 0) is 9.31 Å². The monoisotopic (exact) mass is 310 g/mol. The topological polar surface area (TPSA) is 38.7 Å². The highest BCUT2D eigenvalue weighted by molar-refractivity contribution is 6.46. The van der Waals surface area contributed by atoms with Crippen LogP contribution < -0.4 is 0 Å². The fourth-order valence-corrected chi connectivity index (χ4v) is 2.13. The van der Waals surface area contributed by atoms with Crippen LogP contribution in [0.5, 0.6) is 0 Å². The second-order valence-electron chi connectivity index (χ2n) is 7.26. The van der Waals surface area contributed by atoms with Gasteiger partial charge in [0, 0.05) is 6.32 Å². The molecule has 1 aliphatic heterocycles. The Balaban J connectivity index is 0.000000980. The summed E-state index contributed by atoms with van der Waals surface area (Å²) in [5, 5.41) is 10.0. The Morgan fingerprint density at radius 1 is 1.14 bits per heavy atom. The molecule has 1 aliphatic rings. The van der Waals surface area contributed by atoms with Gasteiger partial charge in [-0.15, -0.1) is 6.58 Å². The van der Waals surface area contributed by atoms with Crippen molar-refractivity contribution in [3.05, 3.63) is 24.3 Å². The van der Waals surface area contributed by atoms with Crippen LogP contribution in [0.25, 0.3) is 0 Å². The van der Waals surface area contributed by atoms with E-state index in [4.69, 9.17) is 9.31 Å². The van der Waals surface area contributed by atoms with Crippen LogP contribution >= 0.6 is 0 Å². The molecule has 1 fully saturated rings. The molecule has 0 bridgehead atoms. The van der Waals surface area contributed by atoms with Gasteiger partial charge in [-0.1, -0.05) is 26.0 Å². The summed E-state index contributed by atoms with van der Waals surface area (Å²) >= 11 is 0. The molecule has 0 unspecified atom stereocenters. The van der Waals surface area contributed by atoms with E-state index in [2.05, 4.69) is 13.5 Å². The molecule has 0 aliphatic carbocycles. The summed E-state index contributed by atoms with van der Waals surface area (Å²) in [4.78, 5) is 0. The molecule has 0 aromatic heterocycles. The van der Waals surface area contributed by atoms with Crippen molar-refractivity contribution < 1.29 is 14.4 Å². The van der Waals surface area contributed by atoms with E-state index in [0.717, 1.165) is 18.4 Å². The fraction of sp³-hybridized carbons (Fsp3) is 0.778. The first-order chi connectivity index (χ1) is 9.91. The molecule has 1 N–H and O–H groups in total. The molecule has 1 heterocycles. The highest BCUT2D eigenvalue weighted by Gasteiger charge is 2.50. The normalized spacial score (nSPS) is 20.4. The lowest BCUT2D eigenvalue weighted by Gasteiger charge is -2.32. The second kappa shape index (κ2) is 8.33. The van der Waals surface area contributed by atoms with E-state index < -0.39 is 5.60 Å². The van der Waals surface area contributed by atoms with Crippen LogP contribution in [0.4, 0.5) is 0 Å². The minimum absolute atomic E-state index is 0.223. The number of aliphatic hydroxyl groups is 1. The molecule has 4 heteroatoms. The molecule has 22 heavy (non-hydrogen) atoms. The van der Waals surface area contributed by atoms with Crippen molar-refractivity contribution in [3.8, 4) is 0 Å². The van der Waals surface area contributed by atoms with Crippen LogP contribution in [0.2, 0.25) is 6.32 Å². The summed E-state index contributed by atoms with van der Waals surface area (Å²) in [5.74, 6) is 0. The Kier molecular flexibility index (Phi) is 8.11. The fourth-order valence-electron chi connectivity index (χ4n) is 2.13. The quantitative estimate of drug-likeness (QED) is 0.587. The third-order valence-electron chi connectivity index (χ3n) is 4.31. The van der Waals surface area contributed by atoms with Gasteiger partial charge in [0.25, 0.3) is 0 Å². The average molecular weight is 310 g/mol. The molecular weight excluding hydrogens is 275 g/mol. The van der Waals surface area contributed by atoms with E-state index in [1.165, 1.54) is 0 Å². The van der Waals surface area contributed by atoms with Crippen LogP contribution in [0.1, 0.15) is 68.2 Å². The molecule has 1 saturated heterocycles. The van der Waals surface area contributed by atoms with Crippen LogP contribution in [0.3, 0.4) is 0 Å². The molecule has 0 saturated carbocycles. The van der Waals surface area contributed by atoms with Crippen molar-refractivity contribution in [1.82, 2.24) is 0 Å². The second-order valence-corrected chi connectivity index (χ2v) is 7.26. The Morgan fingerprint density at radius 2 is 1.55 bits per heavy atom. The zero-order valence-corrected chi connectivity index (χ0v) is 15.8. The van der Waals surface area contributed by atoms with E-state index in [-0.39, 0.29) is 18.3 Å². The standard InChI is InChI=1S/C14H27BO3.C4H8/c1-8-11(12(2,3)16)9-10-15-17-13(4,5)14(6,7)18-15;1-3-4-2/h9,16H,8,10H2,1-7H3;3H,1,4H2,2H3/b11-9+;. The molecule has 0 aromatic carbocycles. The Bertz CT molecular complexity index is 362. The number of hydrogen-bond donors (Lipinski definition) is 1. The van der Waals surface area contributed by atoms with Crippen molar-refractivity contribution in [3.63, 3.8) is 0 Å². The summed E-state index contributed by atoms with van der Waals surface area (Å²) in [6, 6.07) is 0. The van der Waals surface area contributed by atoms with Crippen molar-refractivity contribution in [2.45, 2.75) is 91.4 Å². The summed E-state index contributed by atoms with van der Waals surface area (Å²) in [7, 11) is -0.223. The zero-order valence-electron chi connectivity index (χ0n) is 15.8. The molecule has 0 amide bonds. The van der Waals surface area contributed by atoms with Gasteiger partial charge in [-0.2, -0.15) is 0 Å². The molecule has 0 spiro atoms. The first kappa shape index (κ1) is 21.4. The molecule has 0 atom stereocenters. The largest absolute Gasteiger partial charge is 0.461 e. The van der Waals surface area contributed by atoms with Crippen molar-refractivity contribution in [2.75, 3.05) is 0 Å². The lowest BCUT2D eigenvalue weighted by atomic mass is 9.81. The van der Waals surface area contributed by atoms with E-state index >= 15 is 0 Å². The van der Waals surface area contributed by atoms with E-state index in [9.17, 15) is 5.11 Å². The lowest BCUT2D eigenvalue weighted by molar-refractivity contribution is 0.00578. The third-order valence-corrected chi connectivity index (χ3v) is 4.31. The molecule has 0 radical (unpaired) electrons. The van der Waals surface area contributed by atoms with Gasteiger partial charge >= 0.3 is 7.12 Å². The van der Waals surface area contributed by atoms with E-state index in [1.807, 2.05) is 60.6 Å². The van der Waals surface area contributed by atoms with E-state index in [1.54, 1.807) is 0 Å². The van der Waals surface area contributed by atoms with Crippen molar-refractivity contribution in [2.24, 2.45) is 0 Å². The maximum atomic E-state index is 10.0. The van der Waals surface area contributed by atoms with Gasteiger partial charge in [0.15, 0.2) is 0 Å². The Hall–Kier alpha value is -0.575. The first-order valence-corrected chi connectivity index (χ1v) is 8.29. The number of allylic oxidation sites excluding steroid dienone is 2. The molecular formula is C18H35BO3. The first-order valence-electron chi connectivity index (χ1n) is 8.29. The molecule has 1 rings (SSSR count). The lowest BCUT2D eigenvalue weighted by Crippen LogP contribution is -2.41. The highest BCUT2D eigenvalue weighted by atomic mass is 16.7. The van der Waals surface area contributed by atoms with Gasteiger partial charge in [0.2, 0.25) is 0 Å². The maximum Gasteiger partial charge on any atom is 0.461 e. The van der Waals surface area contributed by atoms with Gasteiger partial charge in [-0.25, -0.2) is 0 Å². The van der Waals surface area contributed by atoms with Gasteiger partial charge < -0.3 is 14.4 Å². The summed E-state index contributed by atoms with van der Waals surface area (Å²) in [6.45, 7) is 19.4. The molecule has 3 nitrogen and oxygen atoms in total. The minimum Gasteiger partial charge on any atom is -0.403 e. The SMILES string of the molecule is C=CCC.CC/C(=C\CB1OC(C)(C)C(C)(C)O1)C(C)(C)O. The zero-order chi connectivity index (χ0) is 17.6. The Morgan fingerprint density at radius 3 is 1.82 bits per heavy atom. The van der Waals surface area contributed by atoms with Crippen molar-refractivity contribution >= 4 is 7.12 Å². The number of hydrogen-bond acceptors (Lipinski definition) is 3. The third kappa shape index (κ3) is 6.27. The van der Waals surface area contributed by atoms with Gasteiger partial charge in [0.1, 0.15) is 0 Å². The summed E-state index contributed by atoms with van der Waals surface area (Å²) in [5.41, 5.74) is -0.310. The maximum absolute atomic E-state index is 10.0. The van der Waals surface area contributed by atoms with Gasteiger partial charge in [0.05, 0.1) is 16.8 Å². The predicted octanol–water partition coefficient (Wildman–Crippen LogP) is 4.77. The number of rotatable bonds is 5. The van der Waals surface area contributed by atoms with Crippen LogP contribution in [0, 0.1) is 0 Å². The average Bonchev–Trinajstić information content (AvgIpc) is 2.57. The van der Waals surface area contributed by atoms with Gasteiger partial charge in [-0.05, 0) is 60.0 Å². The predicted molar refractivity (Wildman–Crippen MR) is 96.0 cm³/mol.